The Kier molecular flexibility index (Phi) is 8.11. The molecule has 0 aromatic rings. The van der Waals surface area contributed by atoms with Gasteiger partial charge in [-0.25, -0.2) is 13.1 Å². The molecule has 7 heteroatoms. The Labute approximate surface area is 102 Å². The number of nitrogens with one attached hydrogen (secondary N) is 1. The summed E-state index contributed by atoms with van der Waals surface area (Å²) in [5, 5.41) is 8.63. The Hall–Kier alpha value is -0.660. The third kappa shape index (κ3) is 9.08. The van der Waals surface area contributed by atoms with Crippen LogP contribution in [0.1, 0.15) is 26.2 Å². The fourth-order valence-corrected chi connectivity index (χ4v) is 2.32. The zero-order valence-electron chi connectivity index (χ0n) is 10.3. The lowest BCUT2D eigenvalue weighted by Crippen LogP contribution is -2.28. The van der Waals surface area contributed by atoms with E-state index in [-0.39, 0.29) is 12.3 Å². The van der Waals surface area contributed by atoms with E-state index in [2.05, 4.69) is 4.72 Å². The van der Waals surface area contributed by atoms with Gasteiger partial charge in [0.1, 0.15) is 0 Å². The molecule has 1 unspecified atom stereocenters. The second-order valence-electron chi connectivity index (χ2n) is 3.94. The molecule has 0 rings (SSSR count). The van der Waals surface area contributed by atoms with Gasteiger partial charge in [0.2, 0.25) is 10.0 Å². The summed E-state index contributed by atoms with van der Waals surface area (Å²) in [4.78, 5) is 10.5. The molecule has 0 fully saturated rings. The predicted molar refractivity (Wildman–Crippen MR) is 64.3 cm³/mol. The van der Waals surface area contributed by atoms with E-state index in [1.807, 2.05) is 0 Å². The smallest absolute Gasteiger partial charge is 0.306 e. The molecule has 0 saturated heterocycles. The van der Waals surface area contributed by atoms with E-state index in [4.69, 9.17) is 9.84 Å². The van der Waals surface area contributed by atoms with Crippen molar-refractivity contribution < 1.29 is 23.1 Å². The summed E-state index contributed by atoms with van der Waals surface area (Å²) in [5.41, 5.74) is 0. The van der Waals surface area contributed by atoms with Crippen molar-refractivity contribution in [2.45, 2.75) is 26.2 Å². The molecule has 6 nitrogen and oxygen atoms in total. The Bertz CT molecular complexity index is 315. The van der Waals surface area contributed by atoms with Crippen molar-refractivity contribution in [3.8, 4) is 0 Å². The Balaban J connectivity index is 3.69. The molecule has 17 heavy (non-hydrogen) atoms. The summed E-state index contributed by atoms with van der Waals surface area (Å²) in [7, 11) is -1.73. The molecule has 0 aromatic carbocycles. The van der Waals surface area contributed by atoms with Crippen molar-refractivity contribution >= 4 is 16.0 Å². The van der Waals surface area contributed by atoms with Crippen LogP contribution in [-0.2, 0) is 19.6 Å². The van der Waals surface area contributed by atoms with E-state index in [1.165, 1.54) is 7.11 Å². The molecule has 0 spiro atoms. The Morgan fingerprint density at radius 1 is 1.41 bits per heavy atom. The third-order valence-electron chi connectivity index (χ3n) is 2.32. The minimum Gasteiger partial charge on any atom is -0.481 e. The summed E-state index contributed by atoms with van der Waals surface area (Å²) >= 11 is 0. The highest BCUT2D eigenvalue weighted by atomic mass is 32.2. The molecule has 0 saturated carbocycles. The van der Waals surface area contributed by atoms with Gasteiger partial charge in [-0.1, -0.05) is 6.92 Å². The maximum absolute atomic E-state index is 11.4. The molecule has 0 bridgehead atoms. The molecule has 0 heterocycles. The molecule has 0 aliphatic heterocycles. The van der Waals surface area contributed by atoms with Crippen LogP contribution in [0.25, 0.3) is 0 Å². The van der Waals surface area contributed by atoms with Crippen LogP contribution in [0.5, 0.6) is 0 Å². The standard InChI is InChI=1S/C10H21NO5S/c1-9(10(12)13)5-3-6-11-17(14,15)8-4-7-16-2/h9,11H,3-8H2,1-2H3,(H,12,13). The molecular formula is C10H21NO5S. The van der Waals surface area contributed by atoms with Gasteiger partial charge in [0.25, 0.3) is 0 Å². The van der Waals surface area contributed by atoms with Crippen LogP contribution in [0, 0.1) is 5.92 Å². The van der Waals surface area contributed by atoms with Crippen LogP contribution < -0.4 is 4.72 Å². The maximum Gasteiger partial charge on any atom is 0.306 e. The number of hydrogen-bond donors (Lipinski definition) is 2. The molecule has 102 valence electrons. The van der Waals surface area contributed by atoms with Crippen molar-refractivity contribution in [2.24, 2.45) is 5.92 Å². The number of sulfonamides is 1. The normalized spacial score (nSPS) is 13.5. The monoisotopic (exact) mass is 267 g/mol. The first-order chi connectivity index (χ1) is 7.89. The highest BCUT2D eigenvalue weighted by Gasteiger charge is 2.12. The summed E-state index contributed by atoms with van der Waals surface area (Å²) in [6, 6.07) is 0. The molecular weight excluding hydrogens is 246 g/mol. The number of rotatable bonds is 10. The van der Waals surface area contributed by atoms with E-state index in [0.717, 1.165) is 0 Å². The minimum absolute atomic E-state index is 0.0370. The highest BCUT2D eigenvalue weighted by Crippen LogP contribution is 2.04. The number of hydrogen-bond acceptors (Lipinski definition) is 4. The van der Waals surface area contributed by atoms with E-state index in [9.17, 15) is 13.2 Å². The first-order valence-electron chi connectivity index (χ1n) is 5.58. The second kappa shape index (κ2) is 8.43. The quantitative estimate of drug-likeness (QED) is 0.560. The van der Waals surface area contributed by atoms with E-state index in [1.54, 1.807) is 6.92 Å². The third-order valence-corrected chi connectivity index (χ3v) is 3.79. The van der Waals surface area contributed by atoms with Gasteiger partial charge in [0, 0.05) is 20.3 Å². The summed E-state index contributed by atoms with van der Waals surface area (Å²) in [6.07, 6.45) is 1.45. The number of carboxylic acids is 1. The number of methoxy groups -OCH3 is 1. The van der Waals surface area contributed by atoms with Crippen molar-refractivity contribution in [2.75, 3.05) is 26.0 Å². The van der Waals surface area contributed by atoms with E-state index >= 15 is 0 Å². The van der Waals surface area contributed by atoms with Gasteiger partial charge >= 0.3 is 5.97 Å². The Morgan fingerprint density at radius 3 is 2.59 bits per heavy atom. The SMILES string of the molecule is COCCCS(=O)(=O)NCCCC(C)C(=O)O. The summed E-state index contributed by atoms with van der Waals surface area (Å²) < 4.78 is 30.0. The van der Waals surface area contributed by atoms with Gasteiger partial charge < -0.3 is 9.84 Å². The molecule has 0 amide bonds. The van der Waals surface area contributed by atoms with Gasteiger partial charge in [-0.3, -0.25) is 4.79 Å². The molecule has 2 N–H and O–H groups in total. The van der Waals surface area contributed by atoms with Crippen molar-refractivity contribution in [3.05, 3.63) is 0 Å². The molecule has 0 radical (unpaired) electrons. The van der Waals surface area contributed by atoms with Crippen LogP contribution in [0.3, 0.4) is 0 Å². The average molecular weight is 267 g/mol. The van der Waals surface area contributed by atoms with Crippen LogP contribution in [0.4, 0.5) is 0 Å². The Morgan fingerprint density at radius 2 is 2.06 bits per heavy atom. The van der Waals surface area contributed by atoms with E-state index < -0.39 is 21.9 Å². The van der Waals surface area contributed by atoms with Gasteiger partial charge in [-0.15, -0.1) is 0 Å². The lowest BCUT2D eigenvalue weighted by molar-refractivity contribution is -0.141. The molecule has 0 aromatic heterocycles. The van der Waals surface area contributed by atoms with Crippen LogP contribution in [-0.4, -0.2) is 45.5 Å². The van der Waals surface area contributed by atoms with Gasteiger partial charge in [0.15, 0.2) is 0 Å². The first kappa shape index (κ1) is 16.3. The minimum atomic E-state index is -3.25. The summed E-state index contributed by atoms with van der Waals surface area (Å²) in [5.74, 6) is -1.25. The lowest BCUT2D eigenvalue weighted by atomic mass is 10.1. The van der Waals surface area contributed by atoms with Crippen molar-refractivity contribution in [3.63, 3.8) is 0 Å². The lowest BCUT2D eigenvalue weighted by Gasteiger charge is -2.08. The second-order valence-corrected chi connectivity index (χ2v) is 5.87. The first-order valence-corrected chi connectivity index (χ1v) is 7.23. The average Bonchev–Trinajstić information content (AvgIpc) is 2.24. The summed E-state index contributed by atoms with van der Waals surface area (Å²) in [6.45, 7) is 2.30. The molecule has 1 atom stereocenters. The van der Waals surface area contributed by atoms with E-state index in [0.29, 0.717) is 25.9 Å². The predicted octanol–water partition coefficient (Wildman–Crippen LogP) is 0.443. The van der Waals surface area contributed by atoms with Crippen molar-refractivity contribution in [1.29, 1.82) is 0 Å². The highest BCUT2D eigenvalue weighted by molar-refractivity contribution is 7.89. The van der Waals surface area contributed by atoms with Crippen LogP contribution in [0.15, 0.2) is 0 Å². The number of aliphatic carboxylic acids is 1. The number of carbonyl (C=O) groups is 1. The largest absolute Gasteiger partial charge is 0.481 e. The van der Waals surface area contributed by atoms with Crippen LogP contribution in [0.2, 0.25) is 0 Å². The number of carboxylic acid groups (broad SMARTS) is 1. The van der Waals surface area contributed by atoms with Gasteiger partial charge in [-0.05, 0) is 19.3 Å². The van der Waals surface area contributed by atoms with Gasteiger partial charge in [0.05, 0.1) is 11.7 Å². The van der Waals surface area contributed by atoms with Gasteiger partial charge in [-0.2, -0.15) is 0 Å². The molecule has 0 aliphatic rings. The molecule has 0 aliphatic carbocycles. The van der Waals surface area contributed by atoms with Crippen LogP contribution >= 0.6 is 0 Å². The zero-order valence-corrected chi connectivity index (χ0v) is 11.1. The fourth-order valence-electron chi connectivity index (χ4n) is 1.22. The van der Waals surface area contributed by atoms with Crippen molar-refractivity contribution in [1.82, 2.24) is 4.72 Å². The zero-order chi connectivity index (χ0) is 13.3. The maximum atomic E-state index is 11.4. The number of ether oxygens (including phenoxy) is 1. The fraction of sp³-hybridized carbons (Fsp3) is 0.900. The topological polar surface area (TPSA) is 92.7 Å².